The monoisotopic (exact) mass is 536 g/mol. The van der Waals surface area contributed by atoms with E-state index >= 15 is 0 Å². The molecule has 1 aliphatic rings. The van der Waals surface area contributed by atoms with E-state index < -0.39 is 23.5 Å². The normalized spacial score (nSPS) is 16.0. The first-order valence-electron chi connectivity index (χ1n) is 10.3. The molecule has 0 fully saturated rings. The van der Waals surface area contributed by atoms with Crippen LogP contribution in [0.1, 0.15) is 44.4 Å². The van der Waals surface area contributed by atoms with Gasteiger partial charge < -0.3 is 9.52 Å². The van der Waals surface area contributed by atoms with Gasteiger partial charge in [-0.3, -0.25) is 19.3 Å². The first kappa shape index (κ1) is 22.2. The predicted octanol–water partition coefficient (Wildman–Crippen LogP) is 5.95. The number of furan rings is 1. The van der Waals surface area contributed by atoms with Crippen molar-refractivity contribution in [2.75, 3.05) is 4.90 Å². The number of carbonyl (C=O) groups is 3. The lowest BCUT2D eigenvalue weighted by Gasteiger charge is -2.24. The number of anilines is 1. The van der Waals surface area contributed by atoms with Crippen LogP contribution < -0.4 is 4.90 Å². The number of hydrogen-bond acceptors (Lipinski definition) is 7. The van der Waals surface area contributed by atoms with E-state index in [1.165, 1.54) is 11.8 Å². The molecule has 0 radical (unpaired) electrons. The number of halogens is 1. The molecule has 0 aliphatic carbocycles. The Kier molecular flexibility index (Phi) is 5.45. The number of amides is 1. The van der Waals surface area contributed by atoms with Gasteiger partial charge in [-0.1, -0.05) is 57.6 Å². The molecule has 2 aromatic carbocycles. The molecule has 34 heavy (non-hydrogen) atoms. The summed E-state index contributed by atoms with van der Waals surface area (Å²) in [5.74, 6) is -2.20. The van der Waals surface area contributed by atoms with Gasteiger partial charge in [-0.2, -0.15) is 0 Å². The molecule has 2 aromatic heterocycles. The number of aryl methyl sites for hydroxylation is 1. The average molecular weight is 537 g/mol. The van der Waals surface area contributed by atoms with Crippen LogP contribution in [0.3, 0.4) is 0 Å². The number of carbonyl (C=O) groups excluding carboxylic acids is 3. The van der Waals surface area contributed by atoms with Gasteiger partial charge in [0, 0.05) is 16.8 Å². The number of benzene rings is 2. The second kappa shape index (κ2) is 8.34. The number of nitrogens with zero attached hydrogens (tertiary/aromatic N) is 2. The van der Waals surface area contributed by atoms with Gasteiger partial charge in [0.05, 0.1) is 22.2 Å². The zero-order valence-electron chi connectivity index (χ0n) is 18.0. The number of aliphatic hydroxyl groups is 1. The van der Waals surface area contributed by atoms with Gasteiger partial charge in [-0.15, -0.1) is 0 Å². The van der Waals surface area contributed by atoms with Crippen LogP contribution in [-0.4, -0.2) is 27.6 Å². The van der Waals surface area contributed by atoms with Crippen LogP contribution in [0.25, 0.3) is 11.0 Å². The highest BCUT2D eigenvalue weighted by Crippen LogP contribution is 2.44. The first-order chi connectivity index (χ1) is 16.3. The number of para-hydroxylation sites is 1. The van der Waals surface area contributed by atoms with Crippen molar-refractivity contribution in [3.8, 4) is 0 Å². The third kappa shape index (κ3) is 3.57. The molecule has 0 unspecified atom stereocenters. The lowest BCUT2D eigenvalue weighted by molar-refractivity contribution is -0.117. The second-order valence-electron chi connectivity index (χ2n) is 7.84. The van der Waals surface area contributed by atoms with Gasteiger partial charge in [0.25, 0.3) is 5.91 Å². The molecule has 0 spiro atoms. The molecule has 170 valence electrons. The molecule has 0 bridgehead atoms. The maximum Gasteiger partial charge on any atom is 0.296 e. The number of Topliss-reactive ketones (excluding diaryl/α,β-unsaturated/α-hetero) is 2. The summed E-state index contributed by atoms with van der Waals surface area (Å²) in [6.07, 6.45) is 0. The molecule has 1 aliphatic heterocycles. The predicted molar refractivity (Wildman–Crippen MR) is 131 cm³/mol. The zero-order valence-corrected chi connectivity index (χ0v) is 20.4. The molecule has 0 saturated heterocycles. The molecule has 1 N–H and O–H groups in total. The van der Waals surface area contributed by atoms with Crippen LogP contribution in [0, 0.1) is 6.92 Å². The summed E-state index contributed by atoms with van der Waals surface area (Å²) in [5.41, 5.74) is 1.49. The number of rotatable bonds is 5. The Morgan fingerprint density at radius 3 is 2.50 bits per heavy atom. The van der Waals surface area contributed by atoms with E-state index in [9.17, 15) is 19.5 Å². The smallest absolute Gasteiger partial charge is 0.296 e. The maximum atomic E-state index is 13.6. The van der Waals surface area contributed by atoms with Crippen LogP contribution >= 0.6 is 27.3 Å². The summed E-state index contributed by atoms with van der Waals surface area (Å²) in [6, 6.07) is 14.9. The summed E-state index contributed by atoms with van der Waals surface area (Å²) in [4.78, 5) is 45.0. The Morgan fingerprint density at radius 2 is 1.85 bits per heavy atom. The molecule has 4 aromatic rings. The first-order valence-corrected chi connectivity index (χ1v) is 11.9. The van der Waals surface area contributed by atoms with Crippen molar-refractivity contribution in [1.82, 2.24) is 4.98 Å². The third-order valence-corrected chi connectivity index (χ3v) is 7.39. The van der Waals surface area contributed by atoms with Crippen LogP contribution in [0.5, 0.6) is 0 Å². The van der Waals surface area contributed by atoms with Gasteiger partial charge in [-0.05, 0) is 36.8 Å². The van der Waals surface area contributed by atoms with E-state index in [1.807, 2.05) is 12.1 Å². The molecule has 1 atom stereocenters. The molecular weight excluding hydrogens is 520 g/mol. The second-order valence-corrected chi connectivity index (χ2v) is 9.73. The van der Waals surface area contributed by atoms with Crippen molar-refractivity contribution in [2.24, 2.45) is 0 Å². The standard InChI is InChI=1S/C25H17BrN2O5S/c1-12-23(13(2)29)34-25(27-12)28-20(14-7-9-16(26)10-8-14)19(22(31)24(28)32)21(30)18-11-15-5-3-4-6-17(15)33-18/h3-11,20,31H,1-2H3/t20-/m0/s1. The Hall–Kier alpha value is -3.56. The lowest BCUT2D eigenvalue weighted by Crippen LogP contribution is -2.31. The van der Waals surface area contributed by atoms with Crippen LogP contribution in [-0.2, 0) is 4.79 Å². The molecular formula is C25H17BrN2O5S. The average Bonchev–Trinajstić information content (AvgIpc) is 3.48. The van der Waals surface area contributed by atoms with Gasteiger partial charge in [0.1, 0.15) is 5.58 Å². The van der Waals surface area contributed by atoms with Crippen molar-refractivity contribution in [3.05, 3.63) is 92.3 Å². The SMILES string of the molecule is CC(=O)c1sc(N2C(=O)C(O)=C(C(=O)c3cc4ccccc4o3)[C@@H]2c2ccc(Br)cc2)nc1C. The molecule has 9 heteroatoms. The van der Waals surface area contributed by atoms with E-state index in [-0.39, 0.29) is 22.2 Å². The summed E-state index contributed by atoms with van der Waals surface area (Å²) >= 11 is 4.44. The Balaban J connectivity index is 1.67. The molecule has 5 rings (SSSR count). The van der Waals surface area contributed by atoms with E-state index in [4.69, 9.17) is 4.42 Å². The van der Waals surface area contributed by atoms with Gasteiger partial charge in [0.15, 0.2) is 22.4 Å². The highest BCUT2D eigenvalue weighted by Gasteiger charge is 2.46. The quantitative estimate of drug-likeness (QED) is 0.316. The van der Waals surface area contributed by atoms with Crippen molar-refractivity contribution < 1.29 is 23.9 Å². The van der Waals surface area contributed by atoms with E-state index in [1.54, 1.807) is 49.4 Å². The molecule has 0 saturated carbocycles. The number of hydrogen-bond donors (Lipinski definition) is 1. The summed E-state index contributed by atoms with van der Waals surface area (Å²) < 4.78 is 6.55. The van der Waals surface area contributed by atoms with E-state index in [2.05, 4.69) is 20.9 Å². The summed E-state index contributed by atoms with van der Waals surface area (Å²) in [7, 11) is 0. The maximum absolute atomic E-state index is 13.6. The summed E-state index contributed by atoms with van der Waals surface area (Å²) in [6.45, 7) is 3.11. The van der Waals surface area contributed by atoms with Crippen LogP contribution in [0.4, 0.5) is 5.13 Å². The zero-order chi connectivity index (χ0) is 24.1. The highest BCUT2D eigenvalue weighted by molar-refractivity contribution is 9.10. The molecule has 3 heterocycles. The number of thiazole rings is 1. The van der Waals surface area contributed by atoms with Crippen molar-refractivity contribution in [3.63, 3.8) is 0 Å². The fraction of sp³-hybridized carbons (Fsp3) is 0.120. The van der Waals surface area contributed by atoms with E-state index in [0.717, 1.165) is 21.2 Å². The summed E-state index contributed by atoms with van der Waals surface area (Å²) in [5, 5.41) is 11.8. The fourth-order valence-corrected chi connectivity index (χ4v) is 5.29. The Bertz CT molecular complexity index is 1480. The molecule has 7 nitrogen and oxygen atoms in total. The van der Waals surface area contributed by atoms with Gasteiger partial charge in [0.2, 0.25) is 5.78 Å². The van der Waals surface area contributed by atoms with Crippen LogP contribution in [0.2, 0.25) is 0 Å². The van der Waals surface area contributed by atoms with Crippen molar-refractivity contribution >= 4 is 60.8 Å². The molecule has 1 amide bonds. The van der Waals surface area contributed by atoms with Gasteiger partial charge in [-0.25, -0.2) is 4.98 Å². The van der Waals surface area contributed by atoms with E-state index in [0.29, 0.717) is 21.7 Å². The van der Waals surface area contributed by atoms with Gasteiger partial charge >= 0.3 is 0 Å². The topological polar surface area (TPSA) is 101 Å². The largest absolute Gasteiger partial charge is 0.503 e. The third-order valence-electron chi connectivity index (χ3n) is 5.60. The number of fused-ring (bicyclic) bond motifs is 1. The van der Waals surface area contributed by atoms with Crippen molar-refractivity contribution in [2.45, 2.75) is 19.9 Å². The fourth-order valence-electron chi connectivity index (χ4n) is 4.03. The van der Waals surface area contributed by atoms with Crippen molar-refractivity contribution in [1.29, 1.82) is 0 Å². The lowest BCUT2D eigenvalue weighted by atomic mass is 9.95. The Morgan fingerprint density at radius 1 is 1.15 bits per heavy atom. The minimum absolute atomic E-state index is 0.0132. The number of aromatic nitrogens is 1. The van der Waals surface area contributed by atoms with Crippen LogP contribution in [0.15, 0.2) is 74.8 Å². The minimum Gasteiger partial charge on any atom is -0.503 e. The Labute approximate surface area is 206 Å². The number of aliphatic hydroxyl groups excluding tert-OH is 1. The minimum atomic E-state index is -0.952. The highest BCUT2D eigenvalue weighted by atomic mass is 79.9. The number of ketones is 2.